The molecule has 0 amide bonds. The molecule has 2 rings (SSSR count). The van der Waals surface area contributed by atoms with Gasteiger partial charge in [0.25, 0.3) is 5.69 Å². The first-order valence-corrected chi connectivity index (χ1v) is 9.55. The van der Waals surface area contributed by atoms with Gasteiger partial charge >= 0.3 is 5.97 Å². The van der Waals surface area contributed by atoms with Gasteiger partial charge < -0.3 is 5.11 Å². The maximum Gasteiger partial charge on any atom is 0.322 e. The predicted molar refractivity (Wildman–Crippen MR) is 99.7 cm³/mol. The summed E-state index contributed by atoms with van der Waals surface area (Å²) in [5.74, 6) is -1.61. The van der Waals surface area contributed by atoms with E-state index in [0.717, 1.165) is 4.31 Å². The summed E-state index contributed by atoms with van der Waals surface area (Å²) in [6.45, 7) is 3.28. The fraction of sp³-hybridized carbons (Fsp3) is 0.278. The van der Waals surface area contributed by atoms with Crippen molar-refractivity contribution in [3.05, 3.63) is 58.6 Å². The molecule has 2 aromatic carbocycles. The molecule has 1 N–H and O–H groups in total. The van der Waals surface area contributed by atoms with Gasteiger partial charge in [0.1, 0.15) is 6.04 Å². The molecule has 0 fully saturated rings. The molecule has 0 radical (unpaired) electrons. The van der Waals surface area contributed by atoms with Gasteiger partial charge in [0.05, 0.1) is 9.82 Å². The van der Waals surface area contributed by atoms with Gasteiger partial charge in [-0.2, -0.15) is 4.31 Å². The lowest BCUT2D eigenvalue weighted by Crippen LogP contribution is -2.45. The van der Waals surface area contributed by atoms with Crippen molar-refractivity contribution in [2.45, 2.75) is 24.8 Å². The number of carboxylic acid groups (broad SMARTS) is 1. The van der Waals surface area contributed by atoms with E-state index in [0.29, 0.717) is 11.1 Å². The Morgan fingerprint density at radius 1 is 1.04 bits per heavy atom. The Morgan fingerprint density at radius 3 is 1.85 bits per heavy atom. The summed E-state index contributed by atoms with van der Waals surface area (Å²) < 4.78 is 26.3. The lowest BCUT2D eigenvalue weighted by molar-refractivity contribution is -0.384. The van der Waals surface area contributed by atoms with Crippen LogP contribution in [0.4, 0.5) is 5.69 Å². The smallest absolute Gasteiger partial charge is 0.322 e. The number of hydrogen-bond donors (Lipinski definition) is 1. The average Bonchev–Trinajstić information content (AvgIpc) is 2.61. The van der Waals surface area contributed by atoms with E-state index in [1.54, 1.807) is 38.1 Å². The molecule has 1 atom stereocenters. The van der Waals surface area contributed by atoms with Gasteiger partial charge in [0, 0.05) is 19.2 Å². The summed E-state index contributed by atoms with van der Waals surface area (Å²) in [5.41, 5.74) is 1.35. The topological polar surface area (TPSA) is 118 Å². The van der Waals surface area contributed by atoms with E-state index in [1.807, 2.05) is 0 Å². The minimum absolute atomic E-state index is 0.0254. The van der Waals surface area contributed by atoms with Crippen molar-refractivity contribution in [1.29, 1.82) is 0 Å². The van der Waals surface area contributed by atoms with Crippen LogP contribution in [0.3, 0.4) is 0 Å². The summed E-state index contributed by atoms with van der Waals surface area (Å²) in [6.07, 6.45) is 0. The molecule has 0 aliphatic carbocycles. The molecule has 0 unspecified atom stereocenters. The highest BCUT2D eigenvalue weighted by Gasteiger charge is 2.34. The van der Waals surface area contributed by atoms with Crippen LogP contribution in [0.1, 0.15) is 13.8 Å². The van der Waals surface area contributed by atoms with Crippen molar-refractivity contribution < 1.29 is 23.2 Å². The third-order valence-electron chi connectivity index (χ3n) is 4.22. The normalized spacial score (nSPS) is 12.9. The fourth-order valence-corrected chi connectivity index (χ4v) is 4.22. The molecule has 0 heterocycles. The molecule has 27 heavy (non-hydrogen) atoms. The maximum atomic E-state index is 12.7. The Balaban J connectivity index is 2.32. The quantitative estimate of drug-likeness (QED) is 0.572. The molecule has 0 aliphatic heterocycles. The monoisotopic (exact) mass is 392 g/mol. The number of likely N-dealkylation sites (N-methyl/N-ethyl adjacent to an activating group) is 1. The highest BCUT2D eigenvalue weighted by atomic mass is 32.2. The van der Waals surface area contributed by atoms with Crippen LogP contribution in [0.2, 0.25) is 0 Å². The van der Waals surface area contributed by atoms with Gasteiger partial charge in [-0.15, -0.1) is 0 Å². The minimum Gasteiger partial charge on any atom is -0.480 e. The van der Waals surface area contributed by atoms with Gasteiger partial charge in [0.15, 0.2) is 0 Å². The van der Waals surface area contributed by atoms with Crippen molar-refractivity contribution in [1.82, 2.24) is 4.31 Å². The molecule has 0 saturated carbocycles. The Bertz CT molecular complexity index is 937. The SMILES string of the molecule is CC(C)[C@@H](C(=O)O)N(C)S(=O)(=O)c1ccc(-c2ccc([N+](=O)[O-])cc2)cc1. The Morgan fingerprint density at radius 2 is 1.48 bits per heavy atom. The lowest BCUT2D eigenvalue weighted by Gasteiger charge is -2.27. The third kappa shape index (κ3) is 4.32. The van der Waals surface area contributed by atoms with E-state index in [-0.39, 0.29) is 10.6 Å². The molecule has 9 heteroatoms. The standard InChI is InChI=1S/C18H20N2O6S/c1-12(2)17(18(21)22)19(3)27(25,26)16-10-6-14(7-11-16)13-4-8-15(9-5-13)20(23)24/h4-12,17H,1-3H3,(H,21,22)/t17-/m0/s1. The molecule has 144 valence electrons. The van der Waals surface area contributed by atoms with E-state index in [9.17, 15) is 28.4 Å². The number of carboxylic acids is 1. The van der Waals surface area contributed by atoms with Gasteiger partial charge in [-0.25, -0.2) is 8.42 Å². The molecule has 0 aliphatic rings. The lowest BCUT2D eigenvalue weighted by atomic mass is 10.1. The first-order chi connectivity index (χ1) is 12.6. The number of carbonyl (C=O) groups is 1. The fourth-order valence-electron chi connectivity index (χ4n) is 2.77. The van der Waals surface area contributed by atoms with Gasteiger partial charge in [-0.1, -0.05) is 26.0 Å². The largest absolute Gasteiger partial charge is 0.480 e. The number of aliphatic carboxylic acids is 1. The molecule has 0 bridgehead atoms. The highest BCUT2D eigenvalue weighted by Crippen LogP contribution is 2.26. The summed E-state index contributed by atoms with van der Waals surface area (Å²) >= 11 is 0. The van der Waals surface area contributed by atoms with Gasteiger partial charge in [-0.3, -0.25) is 14.9 Å². The number of sulfonamides is 1. The van der Waals surface area contributed by atoms with E-state index >= 15 is 0 Å². The molecule has 2 aromatic rings. The zero-order valence-electron chi connectivity index (χ0n) is 15.1. The Kier molecular flexibility index (Phi) is 5.97. The highest BCUT2D eigenvalue weighted by molar-refractivity contribution is 7.89. The Hall–Kier alpha value is -2.78. The van der Waals surface area contributed by atoms with Gasteiger partial charge in [-0.05, 0) is 41.3 Å². The predicted octanol–water partition coefficient (Wildman–Crippen LogP) is 2.99. The molecule has 8 nitrogen and oxygen atoms in total. The second kappa shape index (κ2) is 7.85. The summed E-state index contributed by atoms with van der Waals surface area (Å²) in [5, 5.41) is 20.0. The number of nitro groups is 1. The molecule has 0 spiro atoms. The van der Waals surface area contributed by atoms with Crippen LogP contribution >= 0.6 is 0 Å². The second-order valence-corrected chi connectivity index (χ2v) is 8.37. The number of benzene rings is 2. The zero-order valence-corrected chi connectivity index (χ0v) is 15.9. The van der Waals surface area contributed by atoms with Crippen molar-refractivity contribution >= 4 is 21.7 Å². The summed E-state index contributed by atoms with van der Waals surface area (Å²) in [4.78, 5) is 21.6. The Labute approximate surface area is 157 Å². The van der Waals surface area contributed by atoms with E-state index < -0.39 is 32.9 Å². The second-order valence-electron chi connectivity index (χ2n) is 6.38. The van der Waals surface area contributed by atoms with Crippen LogP contribution < -0.4 is 0 Å². The molecular weight excluding hydrogens is 372 g/mol. The number of rotatable bonds is 7. The molecular formula is C18H20N2O6S. The van der Waals surface area contributed by atoms with Crippen molar-refractivity contribution in [3.63, 3.8) is 0 Å². The number of non-ortho nitro benzene ring substituents is 1. The van der Waals surface area contributed by atoms with E-state index in [4.69, 9.17) is 0 Å². The van der Waals surface area contributed by atoms with Crippen LogP contribution in [-0.2, 0) is 14.8 Å². The first kappa shape index (κ1) is 20.5. The van der Waals surface area contributed by atoms with Gasteiger partial charge in [0.2, 0.25) is 10.0 Å². The third-order valence-corrected chi connectivity index (χ3v) is 6.07. The van der Waals surface area contributed by atoms with Crippen LogP contribution in [0, 0.1) is 16.0 Å². The van der Waals surface area contributed by atoms with E-state index in [2.05, 4.69) is 0 Å². The number of nitrogens with zero attached hydrogens (tertiary/aromatic N) is 2. The molecule has 0 saturated heterocycles. The van der Waals surface area contributed by atoms with Crippen LogP contribution in [0.15, 0.2) is 53.4 Å². The van der Waals surface area contributed by atoms with Crippen molar-refractivity contribution in [3.8, 4) is 11.1 Å². The van der Waals surface area contributed by atoms with Crippen LogP contribution in [0.5, 0.6) is 0 Å². The van der Waals surface area contributed by atoms with E-state index in [1.165, 1.54) is 31.3 Å². The number of nitro benzene ring substituents is 1. The van der Waals surface area contributed by atoms with Crippen molar-refractivity contribution in [2.24, 2.45) is 5.92 Å². The number of hydrogen-bond acceptors (Lipinski definition) is 5. The zero-order chi connectivity index (χ0) is 20.4. The van der Waals surface area contributed by atoms with Crippen LogP contribution in [-0.4, -0.2) is 41.8 Å². The summed E-state index contributed by atoms with van der Waals surface area (Å²) in [7, 11) is -2.73. The first-order valence-electron chi connectivity index (χ1n) is 8.11. The van der Waals surface area contributed by atoms with Crippen molar-refractivity contribution in [2.75, 3.05) is 7.05 Å². The average molecular weight is 392 g/mol. The summed E-state index contributed by atoms with van der Waals surface area (Å²) in [6, 6.07) is 10.6. The maximum absolute atomic E-state index is 12.7. The minimum atomic E-state index is -3.98. The molecule has 0 aromatic heterocycles. The van der Waals surface area contributed by atoms with Crippen LogP contribution in [0.25, 0.3) is 11.1 Å².